The molecular weight excluding hydrogens is 470 g/mol. The molecule has 162 valence electrons. The number of amides is 1. The van der Waals surface area contributed by atoms with Gasteiger partial charge in [-0.3, -0.25) is 9.36 Å². The number of benzene rings is 3. The highest BCUT2D eigenvalue weighted by molar-refractivity contribution is 7.99. The second kappa shape index (κ2) is 10.2. The molecule has 0 saturated heterocycles. The molecule has 0 radical (unpaired) electrons. The van der Waals surface area contributed by atoms with E-state index in [1.54, 1.807) is 30.3 Å². The predicted molar refractivity (Wildman–Crippen MR) is 127 cm³/mol. The minimum Gasteiger partial charge on any atom is -0.324 e. The van der Waals surface area contributed by atoms with Crippen molar-refractivity contribution in [3.05, 3.63) is 94.2 Å². The molecule has 0 bridgehead atoms. The molecule has 9 heteroatoms. The average Bonchev–Trinajstić information content (AvgIpc) is 3.19. The van der Waals surface area contributed by atoms with Crippen LogP contribution in [0.5, 0.6) is 0 Å². The highest BCUT2D eigenvalue weighted by atomic mass is 35.5. The number of nitrogens with one attached hydrogen (secondary N) is 1. The van der Waals surface area contributed by atoms with Crippen molar-refractivity contribution in [2.45, 2.75) is 11.7 Å². The maximum absolute atomic E-state index is 13.4. The molecule has 3 aromatic carbocycles. The minimum absolute atomic E-state index is 0.0964. The number of carbonyl (C=O) groups is 1. The summed E-state index contributed by atoms with van der Waals surface area (Å²) in [6.07, 6.45) is 0. The van der Waals surface area contributed by atoms with Gasteiger partial charge in [0, 0.05) is 5.56 Å². The van der Waals surface area contributed by atoms with Crippen molar-refractivity contribution in [1.82, 2.24) is 14.8 Å². The molecule has 1 aromatic heterocycles. The van der Waals surface area contributed by atoms with E-state index >= 15 is 0 Å². The lowest BCUT2D eigenvalue weighted by Gasteiger charge is -2.11. The molecule has 0 atom stereocenters. The van der Waals surface area contributed by atoms with Gasteiger partial charge in [-0.1, -0.05) is 71.4 Å². The van der Waals surface area contributed by atoms with Gasteiger partial charge in [-0.25, -0.2) is 4.39 Å². The summed E-state index contributed by atoms with van der Waals surface area (Å²) in [4.78, 5) is 12.5. The van der Waals surface area contributed by atoms with E-state index in [9.17, 15) is 9.18 Å². The number of hydrogen-bond acceptors (Lipinski definition) is 4. The maximum atomic E-state index is 13.4. The smallest absolute Gasteiger partial charge is 0.234 e. The van der Waals surface area contributed by atoms with Crippen LogP contribution in [-0.2, 0) is 11.3 Å². The summed E-state index contributed by atoms with van der Waals surface area (Å²) in [6, 6.07) is 21.0. The van der Waals surface area contributed by atoms with Gasteiger partial charge in [-0.2, -0.15) is 0 Å². The lowest BCUT2D eigenvalue weighted by Crippen LogP contribution is -2.15. The number of thioether (sulfide) groups is 1. The number of aromatic nitrogens is 3. The van der Waals surface area contributed by atoms with Gasteiger partial charge in [0.25, 0.3) is 0 Å². The van der Waals surface area contributed by atoms with E-state index in [-0.39, 0.29) is 17.5 Å². The van der Waals surface area contributed by atoms with Crippen molar-refractivity contribution in [2.24, 2.45) is 0 Å². The van der Waals surface area contributed by atoms with E-state index in [1.807, 2.05) is 34.9 Å². The molecule has 0 spiro atoms. The van der Waals surface area contributed by atoms with E-state index in [0.717, 1.165) is 11.1 Å². The Labute approximate surface area is 198 Å². The summed E-state index contributed by atoms with van der Waals surface area (Å²) in [5.41, 5.74) is 2.23. The molecule has 4 aromatic rings. The van der Waals surface area contributed by atoms with Crippen molar-refractivity contribution in [3.8, 4) is 11.4 Å². The van der Waals surface area contributed by atoms with Gasteiger partial charge in [0.05, 0.1) is 28.0 Å². The first-order chi connectivity index (χ1) is 15.5. The Kier molecular flexibility index (Phi) is 7.09. The highest BCUT2D eigenvalue weighted by Gasteiger charge is 2.17. The summed E-state index contributed by atoms with van der Waals surface area (Å²) >= 11 is 13.4. The van der Waals surface area contributed by atoms with Gasteiger partial charge in [0.1, 0.15) is 5.82 Å². The molecule has 0 aliphatic heterocycles. The Hall–Kier alpha value is -2.87. The van der Waals surface area contributed by atoms with Crippen LogP contribution in [-0.4, -0.2) is 26.4 Å². The third-order valence-corrected chi connectivity index (χ3v) is 6.35. The van der Waals surface area contributed by atoms with Crippen molar-refractivity contribution < 1.29 is 9.18 Å². The molecule has 0 saturated carbocycles. The molecule has 5 nitrogen and oxygen atoms in total. The highest BCUT2D eigenvalue weighted by Crippen LogP contribution is 2.30. The minimum atomic E-state index is -0.325. The van der Waals surface area contributed by atoms with Crippen LogP contribution in [0.15, 0.2) is 78.0 Å². The van der Waals surface area contributed by atoms with Crippen LogP contribution in [0.25, 0.3) is 11.4 Å². The zero-order valence-electron chi connectivity index (χ0n) is 16.6. The summed E-state index contributed by atoms with van der Waals surface area (Å²) in [6.45, 7) is 0.505. The Morgan fingerprint density at radius 3 is 2.47 bits per heavy atom. The normalized spacial score (nSPS) is 10.8. The monoisotopic (exact) mass is 486 g/mol. The Morgan fingerprint density at radius 2 is 1.72 bits per heavy atom. The molecule has 0 aliphatic rings. The second-order valence-corrected chi connectivity index (χ2v) is 8.55. The van der Waals surface area contributed by atoms with Crippen LogP contribution in [0, 0.1) is 5.82 Å². The molecule has 4 rings (SSSR count). The van der Waals surface area contributed by atoms with Crippen molar-refractivity contribution in [2.75, 3.05) is 11.1 Å². The topological polar surface area (TPSA) is 59.8 Å². The van der Waals surface area contributed by atoms with Crippen molar-refractivity contribution in [3.63, 3.8) is 0 Å². The van der Waals surface area contributed by atoms with Gasteiger partial charge in [0.2, 0.25) is 5.91 Å². The number of nitrogens with zero attached hydrogens (tertiary/aromatic N) is 3. The third kappa shape index (κ3) is 5.30. The molecular formula is C23H17Cl2FN4OS. The van der Waals surface area contributed by atoms with Gasteiger partial charge in [-0.05, 0) is 42.0 Å². The first-order valence-electron chi connectivity index (χ1n) is 9.61. The third-order valence-electron chi connectivity index (χ3n) is 4.56. The zero-order chi connectivity index (χ0) is 22.5. The van der Waals surface area contributed by atoms with Crippen LogP contribution in [0.1, 0.15) is 5.56 Å². The molecule has 0 unspecified atom stereocenters. The number of anilines is 1. The molecule has 0 fully saturated rings. The van der Waals surface area contributed by atoms with Gasteiger partial charge in [-0.15, -0.1) is 10.2 Å². The largest absolute Gasteiger partial charge is 0.324 e. The fraction of sp³-hybridized carbons (Fsp3) is 0.0870. The van der Waals surface area contributed by atoms with E-state index in [4.69, 9.17) is 23.2 Å². The van der Waals surface area contributed by atoms with Gasteiger partial charge >= 0.3 is 0 Å². The average molecular weight is 487 g/mol. The standard InChI is InChI=1S/C23H17Cl2FN4OS/c24-18-7-4-8-19(21(18)25)27-20(31)14-32-23-29-28-22(16-9-11-17(26)12-10-16)30(23)13-15-5-2-1-3-6-15/h1-12H,13-14H2,(H,27,31). The molecule has 32 heavy (non-hydrogen) atoms. The lowest BCUT2D eigenvalue weighted by molar-refractivity contribution is -0.113. The zero-order valence-corrected chi connectivity index (χ0v) is 19.0. The first kappa shape index (κ1) is 22.3. The van der Waals surface area contributed by atoms with Crippen molar-refractivity contribution >= 4 is 46.6 Å². The molecule has 1 amide bonds. The number of rotatable bonds is 7. The second-order valence-electron chi connectivity index (χ2n) is 6.82. The van der Waals surface area contributed by atoms with Crippen molar-refractivity contribution in [1.29, 1.82) is 0 Å². The van der Waals surface area contributed by atoms with Crippen LogP contribution >= 0.6 is 35.0 Å². The molecule has 0 aliphatic carbocycles. The SMILES string of the molecule is O=C(CSc1nnc(-c2ccc(F)cc2)n1Cc1ccccc1)Nc1cccc(Cl)c1Cl. The van der Waals surface area contributed by atoms with Crippen LogP contribution in [0.4, 0.5) is 10.1 Å². The van der Waals surface area contributed by atoms with E-state index < -0.39 is 0 Å². The Balaban J connectivity index is 1.55. The van der Waals surface area contributed by atoms with Gasteiger partial charge in [0.15, 0.2) is 11.0 Å². The fourth-order valence-corrected chi connectivity index (χ4v) is 4.12. The lowest BCUT2D eigenvalue weighted by atomic mass is 10.2. The van der Waals surface area contributed by atoms with E-state index in [1.165, 1.54) is 23.9 Å². The van der Waals surface area contributed by atoms with Crippen LogP contribution < -0.4 is 5.32 Å². The summed E-state index contributed by atoms with van der Waals surface area (Å²) in [5, 5.41) is 12.6. The van der Waals surface area contributed by atoms with E-state index in [0.29, 0.717) is 33.3 Å². The quantitative estimate of drug-likeness (QED) is 0.317. The summed E-state index contributed by atoms with van der Waals surface area (Å²) in [7, 11) is 0. The fourth-order valence-electron chi connectivity index (χ4n) is 3.03. The molecule has 1 N–H and O–H groups in total. The predicted octanol–water partition coefficient (Wildman–Crippen LogP) is 6.17. The number of halogens is 3. The van der Waals surface area contributed by atoms with E-state index in [2.05, 4.69) is 15.5 Å². The number of hydrogen-bond donors (Lipinski definition) is 1. The van der Waals surface area contributed by atoms with Gasteiger partial charge < -0.3 is 5.32 Å². The first-order valence-corrected chi connectivity index (χ1v) is 11.3. The summed E-state index contributed by atoms with van der Waals surface area (Å²) < 4.78 is 15.3. The number of carbonyl (C=O) groups excluding carboxylic acids is 1. The van der Waals surface area contributed by atoms with Crippen LogP contribution in [0.3, 0.4) is 0 Å². The molecule has 1 heterocycles. The summed E-state index contributed by atoms with van der Waals surface area (Å²) in [5.74, 6) is 0.111. The maximum Gasteiger partial charge on any atom is 0.234 e. The van der Waals surface area contributed by atoms with Crippen LogP contribution in [0.2, 0.25) is 10.0 Å². The Morgan fingerprint density at radius 1 is 0.969 bits per heavy atom. The Bertz CT molecular complexity index is 1230.